The molecule has 0 bridgehead atoms. The van der Waals surface area contributed by atoms with Crippen molar-refractivity contribution in [3.05, 3.63) is 125 Å². The third-order valence-electron chi connectivity index (χ3n) is 15.9. The number of pyridine rings is 1. The number of anilines is 3. The summed E-state index contributed by atoms with van der Waals surface area (Å²) in [5.41, 5.74) is 21.4. The van der Waals surface area contributed by atoms with Crippen LogP contribution in [-0.4, -0.2) is 181 Å². The highest BCUT2D eigenvalue weighted by Crippen LogP contribution is 2.47. The number of hydrogen-bond donors (Lipinski definition) is 10. The Hall–Kier alpha value is -10.8. The fourth-order valence-corrected chi connectivity index (χ4v) is 11.1. The van der Waals surface area contributed by atoms with E-state index >= 15 is 0 Å². The van der Waals surface area contributed by atoms with Crippen LogP contribution in [0.1, 0.15) is 79.0 Å². The number of rotatable bonds is 30. The number of allylic oxidation sites excluding steroid dienone is 3. The summed E-state index contributed by atoms with van der Waals surface area (Å²) in [6.07, 6.45) is 6.30. The summed E-state index contributed by atoms with van der Waals surface area (Å²) in [6, 6.07) is 13.0. The van der Waals surface area contributed by atoms with E-state index in [0.717, 1.165) is 33.6 Å². The highest BCUT2D eigenvalue weighted by Gasteiger charge is 2.37. The maximum absolute atomic E-state index is 14.7. The van der Waals surface area contributed by atoms with Gasteiger partial charge in [0.1, 0.15) is 42.6 Å². The highest BCUT2D eigenvalue weighted by molar-refractivity contribution is 6.20. The fourth-order valence-electron chi connectivity index (χ4n) is 10.8. The van der Waals surface area contributed by atoms with Crippen LogP contribution < -0.4 is 58.7 Å². The van der Waals surface area contributed by atoms with Crippen LogP contribution in [0.15, 0.2) is 102 Å². The van der Waals surface area contributed by atoms with E-state index in [9.17, 15) is 52.7 Å². The third-order valence-corrected chi connectivity index (χ3v) is 16.3. The van der Waals surface area contributed by atoms with Crippen molar-refractivity contribution in [2.24, 2.45) is 23.1 Å². The Balaban J connectivity index is 0.874. The van der Waals surface area contributed by atoms with E-state index in [1.54, 1.807) is 73.4 Å². The van der Waals surface area contributed by atoms with Gasteiger partial charge in [-0.1, -0.05) is 50.3 Å². The van der Waals surface area contributed by atoms with Gasteiger partial charge in [0.2, 0.25) is 11.8 Å². The lowest BCUT2D eigenvalue weighted by molar-refractivity contribution is -0.137. The lowest BCUT2D eigenvalue weighted by Crippen LogP contribution is -2.54. The second-order valence-electron chi connectivity index (χ2n) is 23.2. The number of carbonyl (C=O) groups is 11. The lowest BCUT2D eigenvalue weighted by Gasteiger charge is -2.26. The minimum Gasteiger partial charge on any atom is -0.447 e. The number of H-pyrrole nitrogens is 1. The largest absolute Gasteiger partial charge is 0.447 e. The van der Waals surface area contributed by atoms with E-state index < -0.39 is 77.9 Å². The maximum atomic E-state index is 14.7. The monoisotopic (exact) mass is 1340 g/mol. The zero-order chi connectivity index (χ0) is 69.2. The fraction of sp³-hybridized carbons (Fsp3) is 0.385. The van der Waals surface area contributed by atoms with E-state index in [2.05, 4.69) is 41.9 Å². The van der Waals surface area contributed by atoms with Crippen LogP contribution in [0.5, 0.6) is 5.75 Å². The third kappa shape index (κ3) is 19.0. The van der Waals surface area contributed by atoms with E-state index in [1.807, 2.05) is 25.1 Å². The van der Waals surface area contributed by atoms with Gasteiger partial charge >= 0.3 is 30.3 Å². The van der Waals surface area contributed by atoms with Crippen LogP contribution in [0.3, 0.4) is 0 Å². The molecule has 2 aromatic heterocycles. The molecule has 0 unspecified atom stereocenters. The van der Waals surface area contributed by atoms with Gasteiger partial charge in [0.15, 0.2) is 0 Å². The number of fused-ring (bicyclic) bond motifs is 4. The molecule has 5 aromatic rings. The van der Waals surface area contributed by atoms with E-state index in [0.29, 0.717) is 63.2 Å². The van der Waals surface area contributed by atoms with Crippen LogP contribution in [0, 0.1) is 12.8 Å². The number of likely N-dealkylation sites (N-methyl/N-ethyl adjacent to an activating group) is 1. The quantitative estimate of drug-likeness (QED) is 0.0160. The number of imide groups is 1. The molecule has 4 heterocycles. The number of alkyl carbamates (subject to hydrolysis) is 1. The number of nitrogens with one attached hydrogen (secondary N) is 7. The molecule has 96 heavy (non-hydrogen) atoms. The molecule has 30 nitrogen and oxygen atoms in total. The molecule has 0 saturated carbocycles. The molecule has 13 N–H and O–H groups in total. The summed E-state index contributed by atoms with van der Waals surface area (Å²) < 4.78 is 22.4. The second kappa shape index (κ2) is 33.4. The SMILES string of the molecule is Cc1cccc2c(OC(=O)N(CCCNC(N)=O)CCN(C)C(=O)OCc3ccc(NC(=O)[C@H](CCCNC(N)=O)NC(=O)[C@@H](NC(=O)OCCOCCN4C(=O)C=CC4=O)C(C)C)cc3)cc3c(c12)[C@H](CCl)CN3C(=O)c1cc2cc(NC(=O)C3=CC=C(N)CC3)ncc2[nH]1. The molecule has 3 aliphatic rings. The van der Waals surface area contributed by atoms with Crippen molar-refractivity contribution in [2.45, 2.75) is 77.5 Å². The molecule has 0 saturated heterocycles. The minimum atomic E-state index is -1.17. The Bertz CT molecular complexity index is 3850. The number of nitrogens with zero attached hydrogens (tertiary/aromatic N) is 5. The summed E-state index contributed by atoms with van der Waals surface area (Å²) in [7, 11) is 1.48. The molecule has 13 amide bonds. The number of aryl methyl sites for hydroxylation is 1. The number of primary amides is 2. The molecule has 1 aliphatic carbocycles. The Morgan fingerprint density at radius 3 is 2.23 bits per heavy atom. The van der Waals surface area contributed by atoms with Gasteiger partial charge in [-0.05, 0) is 97.4 Å². The first-order chi connectivity index (χ1) is 46.0. The number of benzene rings is 3. The first kappa shape index (κ1) is 71.1. The summed E-state index contributed by atoms with van der Waals surface area (Å²) >= 11 is 6.66. The normalized spacial score (nSPS) is 14.7. The van der Waals surface area contributed by atoms with Crippen LogP contribution >= 0.6 is 11.6 Å². The molecule has 31 heteroatoms. The Kier molecular flexibility index (Phi) is 24.7. The Morgan fingerprint density at radius 2 is 1.54 bits per heavy atom. The molecule has 3 atom stereocenters. The molecule has 0 spiro atoms. The Morgan fingerprint density at radius 1 is 0.812 bits per heavy atom. The van der Waals surface area contributed by atoms with Crippen molar-refractivity contribution in [1.82, 2.24) is 45.9 Å². The number of aromatic amines is 1. The van der Waals surface area contributed by atoms with Gasteiger partial charge in [-0.25, -0.2) is 29.0 Å². The van der Waals surface area contributed by atoms with Crippen molar-refractivity contribution >= 4 is 116 Å². The highest BCUT2D eigenvalue weighted by atomic mass is 35.5. The number of nitrogens with two attached hydrogens (primary N) is 3. The average Bonchev–Trinajstić information content (AvgIpc) is 1.54. The van der Waals surface area contributed by atoms with Gasteiger partial charge in [-0.3, -0.25) is 33.7 Å². The molecule has 0 fully saturated rings. The van der Waals surface area contributed by atoms with Crippen molar-refractivity contribution in [2.75, 3.05) is 94.1 Å². The number of halogens is 1. The van der Waals surface area contributed by atoms with Gasteiger partial charge in [-0.15, -0.1) is 11.6 Å². The molecular weight excluding hydrogens is 1270 g/mol. The molecule has 0 radical (unpaired) electrons. The number of amides is 13. The Labute approximate surface area is 556 Å². The summed E-state index contributed by atoms with van der Waals surface area (Å²) in [5, 5.41) is 17.7. The number of urea groups is 2. The van der Waals surface area contributed by atoms with Gasteiger partial charge in [-0.2, -0.15) is 0 Å². The van der Waals surface area contributed by atoms with Crippen LogP contribution in [-0.2, 0) is 44.8 Å². The van der Waals surface area contributed by atoms with E-state index in [4.69, 9.17) is 47.7 Å². The molecule has 510 valence electrons. The molecule has 3 aromatic carbocycles. The first-order valence-electron chi connectivity index (χ1n) is 31.0. The predicted octanol–water partition coefficient (Wildman–Crippen LogP) is 5.20. The van der Waals surface area contributed by atoms with Crippen molar-refractivity contribution in [3.8, 4) is 5.75 Å². The average molecular weight is 1340 g/mol. The van der Waals surface area contributed by atoms with Gasteiger partial charge in [0.25, 0.3) is 23.6 Å². The van der Waals surface area contributed by atoms with Crippen LogP contribution in [0.4, 0.5) is 41.2 Å². The van der Waals surface area contributed by atoms with Crippen molar-refractivity contribution in [1.29, 1.82) is 0 Å². The summed E-state index contributed by atoms with van der Waals surface area (Å²) in [5.74, 6) is -3.12. The number of carbonyl (C=O) groups excluding carboxylic acids is 11. The second-order valence-corrected chi connectivity index (χ2v) is 23.5. The number of hydrogen-bond acceptors (Lipinski definition) is 17. The van der Waals surface area contributed by atoms with Crippen LogP contribution in [0.2, 0.25) is 0 Å². The smallest absolute Gasteiger partial charge is 0.415 e. The van der Waals surface area contributed by atoms with E-state index in [1.165, 1.54) is 23.0 Å². The van der Waals surface area contributed by atoms with Crippen molar-refractivity contribution in [3.63, 3.8) is 0 Å². The number of aromatic nitrogens is 2. The van der Waals surface area contributed by atoms with Crippen molar-refractivity contribution < 1.29 is 71.7 Å². The summed E-state index contributed by atoms with van der Waals surface area (Å²) in [4.78, 5) is 155. The lowest BCUT2D eigenvalue weighted by atomic mass is 9.92. The zero-order valence-corrected chi connectivity index (χ0v) is 54.2. The minimum absolute atomic E-state index is 0.00703. The van der Waals surface area contributed by atoms with Crippen LogP contribution in [0.25, 0.3) is 21.7 Å². The van der Waals surface area contributed by atoms with Gasteiger partial charge < -0.3 is 87.7 Å². The molecular formula is C65H78ClN15O15. The topological polar surface area (TPSA) is 417 Å². The first-order valence-corrected chi connectivity index (χ1v) is 31.6. The van der Waals surface area contributed by atoms with E-state index in [-0.39, 0.29) is 121 Å². The predicted molar refractivity (Wildman–Crippen MR) is 354 cm³/mol. The summed E-state index contributed by atoms with van der Waals surface area (Å²) in [6.45, 7) is 5.17. The number of ether oxygens (including phenoxy) is 4. The molecule has 2 aliphatic heterocycles. The standard InChI is InChI=1S/C65H78ClN15O15/c1-37(2)56(77-63(90)94-29-28-93-27-26-80-52(82)19-20-53(80)83)59(86)75-46(10-6-21-70-61(68)88)58(85)73-44-17-11-39(12-18-44)36-95-64(91)78(4)24-25-79(23-7-22-71-62(69)89)65(92)96-50-32-49-55(54-38(3)8-5-9-45(50)54)42(33-66)35-81(49)60(87)47-30-41-31-51(72-34-48(41)74-47)76-57(84)40-13-15-43(67)16-14-40/h5,8-9,11-13,15,17-20,30-32,34,37,42,46,56,74H,6-7,10,14,16,21-29,33,35-36,67H2,1-4H3,(H,73,85)(H,75,86)(H,77,90)(H3,68,70,88)(H3,69,71,89)(H,72,76,84)/t42-,46+,56+/m1/s1. The number of alkyl halides is 1. The maximum Gasteiger partial charge on any atom is 0.415 e. The molecule has 8 rings (SSSR count). The van der Waals surface area contributed by atoms with Gasteiger partial charge in [0, 0.05) is 104 Å². The zero-order valence-electron chi connectivity index (χ0n) is 53.5. The van der Waals surface area contributed by atoms with Gasteiger partial charge in [0.05, 0.1) is 37.2 Å².